The molecule has 0 aliphatic heterocycles. The fourth-order valence-corrected chi connectivity index (χ4v) is 2.93. The highest BCUT2D eigenvalue weighted by molar-refractivity contribution is 6.33. The Balaban J connectivity index is 1.48. The summed E-state index contributed by atoms with van der Waals surface area (Å²) < 4.78 is 21.5. The van der Waals surface area contributed by atoms with Gasteiger partial charge in [-0.25, -0.2) is 4.98 Å². The van der Waals surface area contributed by atoms with Gasteiger partial charge in [-0.1, -0.05) is 17.7 Å². The number of methoxy groups -OCH3 is 2. The largest absolute Gasteiger partial charge is 0.493 e. The Bertz CT molecular complexity index is 1090. The first-order valence-electron chi connectivity index (χ1n) is 8.50. The summed E-state index contributed by atoms with van der Waals surface area (Å²) in [6, 6.07) is 9.28. The Morgan fingerprint density at radius 3 is 2.68 bits per heavy atom. The molecule has 28 heavy (non-hydrogen) atoms. The number of benzene rings is 1. The van der Waals surface area contributed by atoms with Crippen molar-refractivity contribution in [3.63, 3.8) is 0 Å². The molecule has 0 spiro atoms. The number of hydrogen-bond donors (Lipinski definition) is 1. The molecule has 3 heterocycles. The Kier molecular flexibility index (Phi) is 5.03. The molecule has 0 fully saturated rings. The second kappa shape index (κ2) is 7.77. The minimum atomic E-state index is 0.208. The molecule has 9 heteroatoms. The van der Waals surface area contributed by atoms with E-state index in [1.807, 2.05) is 18.2 Å². The van der Waals surface area contributed by atoms with Gasteiger partial charge in [-0.05, 0) is 36.2 Å². The summed E-state index contributed by atoms with van der Waals surface area (Å²) in [5.41, 5.74) is 1.76. The van der Waals surface area contributed by atoms with Crippen LogP contribution in [-0.4, -0.2) is 35.7 Å². The van der Waals surface area contributed by atoms with Crippen molar-refractivity contribution in [1.29, 1.82) is 0 Å². The molecular formula is C19H17ClN4O4. The first-order valence-corrected chi connectivity index (χ1v) is 8.88. The molecule has 4 aromatic rings. The topological polar surface area (TPSA) is 95.4 Å². The predicted octanol–water partition coefficient (Wildman–Crippen LogP) is 4.20. The van der Waals surface area contributed by atoms with Gasteiger partial charge in [-0.3, -0.25) is 0 Å². The van der Waals surface area contributed by atoms with Crippen molar-refractivity contribution in [2.75, 3.05) is 26.1 Å². The van der Waals surface area contributed by atoms with Crippen LogP contribution < -0.4 is 14.8 Å². The number of hydrogen-bond acceptors (Lipinski definition) is 8. The van der Waals surface area contributed by atoms with Gasteiger partial charge in [0.25, 0.3) is 11.6 Å². The molecule has 0 amide bonds. The summed E-state index contributed by atoms with van der Waals surface area (Å²) in [5.74, 6) is 2.54. The highest BCUT2D eigenvalue weighted by atomic mass is 35.5. The van der Waals surface area contributed by atoms with Gasteiger partial charge in [0.15, 0.2) is 27.9 Å². The highest BCUT2D eigenvalue weighted by Gasteiger charge is 2.16. The molecule has 1 aromatic carbocycles. The van der Waals surface area contributed by atoms with Crippen LogP contribution in [-0.2, 0) is 6.42 Å². The molecule has 4 rings (SSSR count). The van der Waals surface area contributed by atoms with Crippen molar-refractivity contribution in [2.24, 2.45) is 0 Å². The number of fused-ring (bicyclic) bond motifs is 1. The van der Waals surface area contributed by atoms with E-state index in [9.17, 15) is 0 Å². The number of halogens is 1. The van der Waals surface area contributed by atoms with Crippen LogP contribution in [0.15, 0.2) is 45.4 Å². The fraction of sp³-hybridized carbons (Fsp3) is 0.211. The van der Waals surface area contributed by atoms with E-state index in [0.717, 1.165) is 12.0 Å². The van der Waals surface area contributed by atoms with Gasteiger partial charge >= 0.3 is 0 Å². The van der Waals surface area contributed by atoms with E-state index in [1.165, 1.54) is 0 Å². The molecule has 0 saturated heterocycles. The van der Waals surface area contributed by atoms with Crippen LogP contribution in [0.5, 0.6) is 11.5 Å². The summed E-state index contributed by atoms with van der Waals surface area (Å²) >= 11 is 6.23. The third-order valence-electron chi connectivity index (χ3n) is 4.09. The molecule has 0 bridgehead atoms. The van der Waals surface area contributed by atoms with E-state index in [0.29, 0.717) is 46.9 Å². The molecule has 0 aliphatic carbocycles. The standard InChI is InChI=1S/C19H17ClN4O4/c1-25-12-6-5-11(10-14(12)26-2)7-8-21-19-23-16(20)15-18(24-19)28-17(22-15)13-4-3-9-27-13/h3-6,9-10H,7-8H2,1-2H3,(H,21,23,24). The zero-order valence-corrected chi connectivity index (χ0v) is 16.0. The number of anilines is 1. The van der Waals surface area contributed by atoms with Crippen LogP contribution in [0.25, 0.3) is 22.9 Å². The van der Waals surface area contributed by atoms with Crippen molar-refractivity contribution in [3.8, 4) is 23.1 Å². The Hall–Kier alpha value is -3.26. The maximum Gasteiger partial charge on any atom is 0.265 e. The third-order valence-corrected chi connectivity index (χ3v) is 4.36. The van der Waals surface area contributed by atoms with Crippen LogP contribution in [0.3, 0.4) is 0 Å². The summed E-state index contributed by atoms with van der Waals surface area (Å²) in [5, 5.41) is 3.35. The molecule has 0 saturated carbocycles. The van der Waals surface area contributed by atoms with Gasteiger partial charge in [0.1, 0.15) is 0 Å². The van der Waals surface area contributed by atoms with Crippen LogP contribution in [0, 0.1) is 0 Å². The third kappa shape index (κ3) is 3.59. The van der Waals surface area contributed by atoms with Crippen LogP contribution >= 0.6 is 11.6 Å². The summed E-state index contributed by atoms with van der Waals surface area (Å²) in [6.45, 7) is 0.594. The van der Waals surface area contributed by atoms with E-state index in [4.69, 9.17) is 29.9 Å². The SMILES string of the molecule is COc1ccc(CCNc2nc(Cl)c3nc(-c4ccco4)oc3n2)cc1OC. The predicted molar refractivity (Wildman–Crippen MR) is 104 cm³/mol. The molecule has 3 aromatic heterocycles. The second-order valence-corrected chi connectivity index (χ2v) is 6.21. The average Bonchev–Trinajstić information content (AvgIpc) is 3.37. The minimum absolute atomic E-state index is 0.208. The van der Waals surface area contributed by atoms with E-state index < -0.39 is 0 Å². The Morgan fingerprint density at radius 1 is 1.07 bits per heavy atom. The number of aromatic nitrogens is 3. The molecule has 144 valence electrons. The van der Waals surface area contributed by atoms with Crippen molar-refractivity contribution in [2.45, 2.75) is 6.42 Å². The summed E-state index contributed by atoms with van der Waals surface area (Å²) in [6.07, 6.45) is 2.27. The van der Waals surface area contributed by atoms with Gasteiger partial charge in [-0.15, -0.1) is 0 Å². The molecule has 0 aliphatic rings. The Labute approximate surface area is 165 Å². The average molecular weight is 401 g/mol. The van der Waals surface area contributed by atoms with Gasteiger partial charge in [0, 0.05) is 6.54 Å². The van der Waals surface area contributed by atoms with Crippen LogP contribution in [0.2, 0.25) is 5.15 Å². The highest BCUT2D eigenvalue weighted by Crippen LogP contribution is 2.29. The normalized spacial score (nSPS) is 11.0. The number of ether oxygens (including phenoxy) is 2. The number of oxazole rings is 1. The molecule has 0 radical (unpaired) electrons. The maximum absolute atomic E-state index is 6.23. The molecular weight excluding hydrogens is 384 g/mol. The smallest absolute Gasteiger partial charge is 0.265 e. The van der Waals surface area contributed by atoms with Gasteiger partial charge in [-0.2, -0.15) is 9.97 Å². The first kappa shape index (κ1) is 18.1. The number of nitrogens with one attached hydrogen (secondary N) is 1. The lowest BCUT2D eigenvalue weighted by atomic mass is 10.1. The van der Waals surface area contributed by atoms with E-state index in [1.54, 1.807) is 32.6 Å². The number of nitrogens with zero attached hydrogens (tertiary/aromatic N) is 3. The zero-order chi connectivity index (χ0) is 19.5. The lowest BCUT2D eigenvalue weighted by Gasteiger charge is -2.10. The molecule has 0 unspecified atom stereocenters. The van der Waals surface area contributed by atoms with E-state index in [2.05, 4.69) is 20.3 Å². The molecule has 1 N–H and O–H groups in total. The first-order chi connectivity index (χ1) is 13.7. The van der Waals surface area contributed by atoms with Crippen molar-refractivity contribution < 1.29 is 18.3 Å². The summed E-state index contributed by atoms with van der Waals surface area (Å²) in [7, 11) is 3.22. The minimum Gasteiger partial charge on any atom is -0.493 e. The lowest BCUT2D eigenvalue weighted by molar-refractivity contribution is 0.354. The van der Waals surface area contributed by atoms with Crippen molar-refractivity contribution in [1.82, 2.24) is 15.0 Å². The van der Waals surface area contributed by atoms with Crippen LogP contribution in [0.4, 0.5) is 5.95 Å². The van der Waals surface area contributed by atoms with Gasteiger partial charge in [0.2, 0.25) is 5.95 Å². The van der Waals surface area contributed by atoms with Crippen molar-refractivity contribution in [3.05, 3.63) is 47.3 Å². The van der Waals surface area contributed by atoms with Crippen LogP contribution in [0.1, 0.15) is 5.56 Å². The second-order valence-electron chi connectivity index (χ2n) is 5.85. The lowest BCUT2D eigenvalue weighted by Crippen LogP contribution is -2.08. The zero-order valence-electron chi connectivity index (χ0n) is 15.2. The Morgan fingerprint density at radius 2 is 1.93 bits per heavy atom. The number of rotatable bonds is 7. The molecule has 0 atom stereocenters. The quantitative estimate of drug-likeness (QED) is 0.461. The molecule has 8 nitrogen and oxygen atoms in total. The van der Waals surface area contributed by atoms with E-state index >= 15 is 0 Å². The van der Waals surface area contributed by atoms with Gasteiger partial charge < -0.3 is 23.6 Å². The fourth-order valence-electron chi connectivity index (χ4n) is 2.73. The van der Waals surface area contributed by atoms with E-state index in [-0.39, 0.29) is 5.15 Å². The monoisotopic (exact) mass is 400 g/mol. The van der Waals surface area contributed by atoms with Crippen molar-refractivity contribution >= 4 is 28.8 Å². The maximum atomic E-state index is 6.23. The number of furan rings is 1. The van der Waals surface area contributed by atoms with Gasteiger partial charge in [0.05, 0.1) is 20.5 Å². The summed E-state index contributed by atoms with van der Waals surface area (Å²) in [4.78, 5) is 12.9.